The third-order valence-corrected chi connectivity index (χ3v) is 2.34. The van der Waals surface area contributed by atoms with Crippen LogP contribution >= 0.6 is 0 Å². The summed E-state index contributed by atoms with van der Waals surface area (Å²) in [6.07, 6.45) is 4.95. The molecule has 15 heavy (non-hydrogen) atoms. The van der Waals surface area contributed by atoms with Crippen LogP contribution in [-0.2, 0) is 14.3 Å². The summed E-state index contributed by atoms with van der Waals surface area (Å²) in [6, 6.07) is 0. The maximum absolute atomic E-state index is 11.5. The molecule has 0 saturated carbocycles. The highest BCUT2D eigenvalue weighted by Gasteiger charge is 2.21. The lowest BCUT2D eigenvalue weighted by molar-refractivity contribution is -0.158. The number of ether oxygens (including phenoxy) is 2. The summed E-state index contributed by atoms with van der Waals surface area (Å²) in [5.74, 6) is -0.144. The van der Waals surface area contributed by atoms with E-state index >= 15 is 0 Å². The SMILES string of the molecule is CC(C)(C)OC(=O)C[C@@H]1CCCCCO1. The lowest BCUT2D eigenvalue weighted by Gasteiger charge is -2.21. The molecule has 0 aliphatic carbocycles. The minimum atomic E-state index is -0.387. The van der Waals surface area contributed by atoms with Gasteiger partial charge in [0, 0.05) is 6.61 Å². The number of rotatable bonds is 2. The van der Waals surface area contributed by atoms with Crippen LogP contribution in [0.15, 0.2) is 0 Å². The van der Waals surface area contributed by atoms with Gasteiger partial charge in [-0.2, -0.15) is 0 Å². The molecule has 0 aromatic heterocycles. The molecule has 88 valence electrons. The molecule has 0 amide bonds. The highest BCUT2D eigenvalue weighted by Crippen LogP contribution is 2.17. The molecule has 0 bridgehead atoms. The Labute approximate surface area is 92.1 Å². The van der Waals surface area contributed by atoms with E-state index in [1.165, 1.54) is 6.42 Å². The van der Waals surface area contributed by atoms with Crippen molar-refractivity contribution in [3.63, 3.8) is 0 Å². The van der Waals surface area contributed by atoms with Gasteiger partial charge in [0.2, 0.25) is 0 Å². The smallest absolute Gasteiger partial charge is 0.308 e. The number of hydrogen-bond donors (Lipinski definition) is 0. The molecule has 0 unspecified atom stereocenters. The molecule has 0 radical (unpaired) electrons. The molecule has 0 spiro atoms. The van der Waals surface area contributed by atoms with Crippen molar-refractivity contribution in [3.8, 4) is 0 Å². The first kappa shape index (κ1) is 12.5. The van der Waals surface area contributed by atoms with Crippen LogP contribution in [0.1, 0.15) is 52.9 Å². The van der Waals surface area contributed by atoms with Crippen LogP contribution in [0, 0.1) is 0 Å². The Kier molecular flexibility index (Phi) is 4.58. The van der Waals surface area contributed by atoms with E-state index < -0.39 is 0 Å². The average molecular weight is 214 g/mol. The molecule has 1 atom stereocenters. The van der Waals surface area contributed by atoms with Gasteiger partial charge in [0.05, 0.1) is 12.5 Å². The fourth-order valence-electron chi connectivity index (χ4n) is 1.71. The van der Waals surface area contributed by atoms with E-state index in [4.69, 9.17) is 9.47 Å². The van der Waals surface area contributed by atoms with Crippen LogP contribution in [0.3, 0.4) is 0 Å². The van der Waals surface area contributed by atoms with Crippen molar-refractivity contribution in [2.75, 3.05) is 6.61 Å². The highest BCUT2D eigenvalue weighted by atomic mass is 16.6. The van der Waals surface area contributed by atoms with Gasteiger partial charge < -0.3 is 9.47 Å². The summed E-state index contributed by atoms with van der Waals surface area (Å²) in [6.45, 7) is 6.45. The molecule has 1 fully saturated rings. The molecule has 1 rings (SSSR count). The van der Waals surface area contributed by atoms with E-state index in [1.807, 2.05) is 20.8 Å². The lowest BCUT2D eigenvalue weighted by atomic mass is 10.1. The van der Waals surface area contributed by atoms with E-state index in [9.17, 15) is 4.79 Å². The van der Waals surface area contributed by atoms with Crippen molar-refractivity contribution in [2.24, 2.45) is 0 Å². The summed E-state index contributed by atoms with van der Waals surface area (Å²) < 4.78 is 10.8. The fraction of sp³-hybridized carbons (Fsp3) is 0.917. The van der Waals surface area contributed by atoms with E-state index in [0.29, 0.717) is 6.42 Å². The lowest BCUT2D eigenvalue weighted by Crippen LogP contribution is -2.27. The Morgan fingerprint density at radius 1 is 1.33 bits per heavy atom. The van der Waals surface area contributed by atoms with Crippen LogP contribution in [0.2, 0.25) is 0 Å². The molecule has 1 saturated heterocycles. The van der Waals surface area contributed by atoms with Gasteiger partial charge in [-0.3, -0.25) is 4.79 Å². The number of hydrogen-bond acceptors (Lipinski definition) is 3. The molecule has 0 aromatic rings. The van der Waals surface area contributed by atoms with Gasteiger partial charge >= 0.3 is 5.97 Å². The van der Waals surface area contributed by atoms with Crippen molar-refractivity contribution < 1.29 is 14.3 Å². The highest BCUT2D eigenvalue weighted by molar-refractivity contribution is 5.70. The summed E-state index contributed by atoms with van der Waals surface area (Å²) in [4.78, 5) is 11.5. The van der Waals surface area contributed by atoms with Crippen molar-refractivity contribution in [1.29, 1.82) is 0 Å². The summed E-state index contributed by atoms with van der Waals surface area (Å²) in [5.41, 5.74) is -0.387. The van der Waals surface area contributed by atoms with E-state index in [-0.39, 0.29) is 17.7 Å². The molecule has 1 aliphatic rings. The largest absolute Gasteiger partial charge is 0.460 e. The van der Waals surface area contributed by atoms with E-state index in [0.717, 1.165) is 25.9 Å². The molecule has 1 heterocycles. The maximum Gasteiger partial charge on any atom is 0.308 e. The van der Waals surface area contributed by atoms with Crippen molar-refractivity contribution in [2.45, 2.75) is 64.6 Å². The zero-order valence-electron chi connectivity index (χ0n) is 10.0. The van der Waals surface area contributed by atoms with Crippen LogP contribution in [-0.4, -0.2) is 24.3 Å². The van der Waals surface area contributed by atoms with Crippen LogP contribution < -0.4 is 0 Å². The van der Waals surface area contributed by atoms with Crippen molar-refractivity contribution in [3.05, 3.63) is 0 Å². The number of carbonyl (C=O) groups is 1. The molecular weight excluding hydrogens is 192 g/mol. The van der Waals surface area contributed by atoms with Crippen molar-refractivity contribution in [1.82, 2.24) is 0 Å². The van der Waals surface area contributed by atoms with Gasteiger partial charge in [0.25, 0.3) is 0 Å². The normalized spacial score (nSPS) is 23.3. The molecule has 0 aromatic carbocycles. The first-order valence-corrected chi connectivity index (χ1v) is 5.81. The van der Waals surface area contributed by atoms with Gasteiger partial charge in [-0.1, -0.05) is 12.8 Å². The molecule has 3 heteroatoms. The standard InChI is InChI=1S/C12H22O3/c1-12(2,3)15-11(13)9-10-7-5-4-6-8-14-10/h10H,4-9H2,1-3H3/t10-/m0/s1. The quantitative estimate of drug-likeness (QED) is 0.663. The van der Waals surface area contributed by atoms with Gasteiger partial charge in [-0.15, -0.1) is 0 Å². The second-order valence-electron chi connectivity index (χ2n) is 5.13. The monoisotopic (exact) mass is 214 g/mol. The topological polar surface area (TPSA) is 35.5 Å². The predicted molar refractivity (Wildman–Crippen MR) is 58.7 cm³/mol. The number of esters is 1. The van der Waals surface area contributed by atoms with E-state index in [1.54, 1.807) is 0 Å². The van der Waals surface area contributed by atoms with Crippen LogP contribution in [0.5, 0.6) is 0 Å². The minimum Gasteiger partial charge on any atom is -0.460 e. The zero-order valence-corrected chi connectivity index (χ0v) is 10.0. The third kappa shape index (κ3) is 5.78. The van der Waals surface area contributed by atoms with Gasteiger partial charge in [0.1, 0.15) is 5.60 Å². The van der Waals surface area contributed by atoms with Gasteiger partial charge in [-0.25, -0.2) is 0 Å². The maximum atomic E-state index is 11.5. The first-order chi connectivity index (χ1) is 6.97. The molecule has 3 nitrogen and oxygen atoms in total. The Bertz CT molecular complexity index is 197. The fourth-order valence-corrected chi connectivity index (χ4v) is 1.71. The Balaban J connectivity index is 2.30. The second-order valence-corrected chi connectivity index (χ2v) is 5.13. The Hall–Kier alpha value is -0.570. The number of carbonyl (C=O) groups excluding carboxylic acids is 1. The van der Waals surface area contributed by atoms with E-state index in [2.05, 4.69) is 0 Å². The molecular formula is C12H22O3. The zero-order chi connectivity index (χ0) is 11.3. The van der Waals surface area contributed by atoms with Crippen molar-refractivity contribution >= 4 is 5.97 Å². The van der Waals surface area contributed by atoms with Gasteiger partial charge in [-0.05, 0) is 33.6 Å². The third-order valence-electron chi connectivity index (χ3n) is 2.34. The first-order valence-electron chi connectivity index (χ1n) is 5.81. The van der Waals surface area contributed by atoms with Gasteiger partial charge in [0.15, 0.2) is 0 Å². The summed E-state index contributed by atoms with van der Waals surface area (Å²) >= 11 is 0. The summed E-state index contributed by atoms with van der Waals surface area (Å²) in [7, 11) is 0. The van der Waals surface area contributed by atoms with Crippen LogP contribution in [0.4, 0.5) is 0 Å². The molecule has 0 N–H and O–H groups in total. The molecule has 1 aliphatic heterocycles. The minimum absolute atomic E-state index is 0.0716. The Morgan fingerprint density at radius 3 is 2.73 bits per heavy atom. The summed E-state index contributed by atoms with van der Waals surface area (Å²) in [5, 5.41) is 0. The Morgan fingerprint density at radius 2 is 2.07 bits per heavy atom. The second kappa shape index (κ2) is 5.50. The van der Waals surface area contributed by atoms with Crippen LogP contribution in [0.25, 0.3) is 0 Å². The average Bonchev–Trinajstić information content (AvgIpc) is 2.28. The predicted octanol–water partition coefficient (Wildman–Crippen LogP) is 2.68.